The quantitative estimate of drug-likeness (QED) is 0.511. The van der Waals surface area contributed by atoms with Gasteiger partial charge in [-0.3, -0.25) is 4.79 Å². The number of amides is 1. The highest BCUT2D eigenvalue weighted by atomic mass is 32.1. The Morgan fingerprint density at radius 3 is 2.62 bits per heavy atom. The summed E-state index contributed by atoms with van der Waals surface area (Å²) in [6.45, 7) is 1.67. The van der Waals surface area contributed by atoms with Gasteiger partial charge in [-0.05, 0) is 48.9 Å². The van der Waals surface area contributed by atoms with Crippen LogP contribution in [0.15, 0.2) is 66.7 Å². The molecule has 4 rings (SSSR count). The monoisotopic (exact) mass is 362 g/mol. The molecule has 4 aromatic rings. The molecule has 0 atom stereocenters. The maximum Gasteiger partial charge on any atom is 0.255 e. The topological polar surface area (TPSA) is 42.0 Å². The van der Waals surface area contributed by atoms with Gasteiger partial charge in [-0.2, -0.15) is 0 Å². The van der Waals surface area contributed by atoms with Crippen molar-refractivity contribution in [3.63, 3.8) is 0 Å². The van der Waals surface area contributed by atoms with Crippen LogP contribution in [0.2, 0.25) is 0 Å². The first kappa shape index (κ1) is 16.4. The van der Waals surface area contributed by atoms with Crippen LogP contribution in [0, 0.1) is 12.7 Å². The highest BCUT2D eigenvalue weighted by Crippen LogP contribution is 2.34. The number of hydrogen-bond donors (Lipinski definition) is 1. The molecule has 1 heterocycles. The van der Waals surface area contributed by atoms with Gasteiger partial charge in [0.25, 0.3) is 5.91 Å². The summed E-state index contributed by atoms with van der Waals surface area (Å²) in [4.78, 5) is 17.2. The van der Waals surface area contributed by atoms with Crippen LogP contribution in [0.4, 0.5) is 10.1 Å². The molecule has 3 nitrogen and oxygen atoms in total. The van der Waals surface area contributed by atoms with Crippen LogP contribution in [0.1, 0.15) is 15.9 Å². The van der Waals surface area contributed by atoms with Gasteiger partial charge >= 0.3 is 0 Å². The second-order valence-electron chi connectivity index (χ2n) is 5.95. The number of nitrogens with zero attached hydrogens (tertiary/aromatic N) is 1. The number of aryl methyl sites for hydroxylation is 1. The van der Waals surface area contributed by atoms with Gasteiger partial charge in [0.2, 0.25) is 0 Å². The zero-order valence-corrected chi connectivity index (χ0v) is 14.8. The molecule has 1 aromatic heterocycles. The van der Waals surface area contributed by atoms with Crippen LogP contribution in [0.5, 0.6) is 0 Å². The molecule has 0 bridgehead atoms. The minimum Gasteiger partial charge on any atom is -0.321 e. The number of nitrogens with one attached hydrogen (secondary N) is 1. The molecule has 0 spiro atoms. The highest BCUT2D eigenvalue weighted by molar-refractivity contribution is 7.21. The average molecular weight is 362 g/mol. The Morgan fingerprint density at radius 1 is 1.04 bits per heavy atom. The molecule has 0 saturated carbocycles. The van der Waals surface area contributed by atoms with Crippen molar-refractivity contribution in [3.8, 4) is 10.6 Å². The van der Waals surface area contributed by atoms with Crippen LogP contribution in [0.25, 0.3) is 20.8 Å². The van der Waals surface area contributed by atoms with E-state index in [-0.39, 0.29) is 11.5 Å². The number of carbonyl (C=O) groups is 1. The van der Waals surface area contributed by atoms with E-state index in [0.717, 1.165) is 20.8 Å². The van der Waals surface area contributed by atoms with Gasteiger partial charge in [0, 0.05) is 11.1 Å². The number of anilines is 1. The molecular weight excluding hydrogens is 347 g/mol. The molecule has 1 amide bonds. The van der Waals surface area contributed by atoms with E-state index in [1.165, 1.54) is 6.07 Å². The summed E-state index contributed by atoms with van der Waals surface area (Å²) in [5, 5.41) is 3.71. The first-order valence-electron chi connectivity index (χ1n) is 8.14. The molecule has 1 N–H and O–H groups in total. The number of hydrogen-bond acceptors (Lipinski definition) is 3. The van der Waals surface area contributed by atoms with Crippen LogP contribution in [-0.4, -0.2) is 10.9 Å². The maximum atomic E-state index is 13.8. The molecule has 3 aromatic carbocycles. The lowest BCUT2D eigenvalue weighted by atomic mass is 10.1. The fourth-order valence-corrected chi connectivity index (χ4v) is 3.70. The Morgan fingerprint density at radius 2 is 1.81 bits per heavy atom. The molecule has 128 valence electrons. The molecule has 26 heavy (non-hydrogen) atoms. The minimum absolute atomic E-state index is 0.284. The van der Waals surface area contributed by atoms with E-state index in [9.17, 15) is 9.18 Å². The number of aromatic nitrogens is 1. The van der Waals surface area contributed by atoms with E-state index in [1.54, 1.807) is 30.4 Å². The number of rotatable bonds is 3. The Hall–Kier alpha value is -3.05. The van der Waals surface area contributed by atoms with Gasteiger partial charge in [-0.15, -0.1) is 11.3 Å². The van der Waals surface area contributed by atoms with E-state index < -0.39 is 5.82 Å². The largest absolute Gasteiger partial charge is 0.321 e. The average Bonchev–Trinajstić information content (AvgIpc) is 3.08. The Balaban J connectivity index is 1.69. The number of carbonyl (C=O) groups excluding carboxylic acids is 1. The van der Waals surface area contributed by atoms with Crippen molar-refractivity contribution in [2.75, 3.05) is 5.32 Å². The van der Waals surface area contributed by atoms with E-state index in [1.807, 2.05) is 48.5 Å². The second-order valence-corrected chi connectivity index (χ2v) is 6.98. The van der Waals surface area contributed by atoms with E-state index in [4.69, 9.17) is 0 Å². The van der Waals surface area contributed by atoms with Crippen LogP contribution < -0.4 is 5.32 Å². The van der Waals surface area contributed by atoms with Gasteiger partial charge in [0.1, 0.15) is 10.8 Å². The summed E-state index contributed by atoms with van der Waals surface area (Å²) in [5.74, 6) is -0.741. The number of benzene rings is 3. The molecule has 0 fully saturated rings. The van der Waals surface area contributed by atoms with Gasteiger partial charge in [-0.1, -0.05) is 30.3 Å². The van der Waals surface area contributed by atoms with Crippen molar-refractivity contribution in [3.05, 3.63) is 83.7 Å². The lowest BCUT2D eigenvalue weighted by Gasteiger charge is -2.10. The standard InChI is InChI=1S/C21H15FN2OS/c1-13-10-11-14(12-16(13)22)20(25)23-17-7-3-2-6-15(17)21-24-18-8-4-5-9-19(18)26-21/h2-12H,1H3,(H,23,25). The Labute approximate surface area is 154 Å². The summed E-state index contributed by atoms with van der Waals surface area (Å²) in [6, 6.07) is 19.9. The van der Waals surface area contributed by atoms with Crippen LogP contribution in [-0.2, 0) is 0 Å². The van der Waals surface area contributed by atoms with Gasteiger partial charge in [0.15, 0.2) is 0 Å². The van der Waals surface area contributed by atoms with E-state index in [0.29, 0.717) is 11.3 Å². The lowest BCUT2D eigenvalue weighted by Crippen LogP contribution is -2.13. The van der Waals surface area contributed by atoms with Gasteiger partial charge in [-0.25, -0.2) is 9.37 Å². The normalized spacial score (nSPS) is 10.8. The van der Waals surface area contributed by atoms with Crippen molar-refractivity contribution in [1.82, 2.24) is 4.98 Å². The van der Waals surface area contributed by atoms with Gasteiger partial charge < -0.3 is 5.32 Å². The van der Waals surface area contributed by atoms with Crippen molar-refractivity contribution >= 4 is 33.1 Å². The number of thiazole rings is 1. The Bertz CT molecular complexity index is 1090. The third-order valence-corrected chi connectivity index (χ3v) is 5.20. The zero-order chi connectivity index (χ0) is 18.1. The summed E-state index contributed by atoms with van der Waals surface area (Å²) in [6.07, 6.45) is 0. The molecule has 0 saturated heterocycles. The maximum absolute atomic E-state index is 13.8. The van der Waals surface area contributed by atoms with Crippen LogP contribution in [0.3, 0.4) is 0 Å². The third-order valence-electron chi connectivity index (χ3n) is 4.13. The van der Waals surface area contributed by atoms with Crippen molar-refractivity contribution < 1.29 is 9.18 Å². The van der Waals surface area contributed by atoms with Gasteiger partial charge in [0.05, 0.1) is 15.9 Å². The lowest BCUT2D eigenvalue weighted by molar-refractivity contribution is 0.102. The smallest absolute Gasteiger partial charge is 0.255 e. The number of fused-ring (bicyclic) bond motifs is 1. The minimum atomic E-state index is -0.392. The number of halogens is 1. The summed E-state index contributed by atoms with van der Waals surface area (Å²) in [7, 11) is 0. The van der Waals surface area contributed by atoms with Crippen molar-refractivity contribution in [2.45, 2.75) is 6.92 Å². The van der Waals surface area contributed by atoms with E-state index >= 15 is 0 Å². The second kappa shape index (κ2) is 6.69. The zero-order valence-electron chi connectivity index (χ0n) is 14.0. The fourth-order valence-electron chi connectivity index (χ4n) is 2.69. The molecule has 0 aliphatic carbocycles. The third kappa shape index (κ3) is 3.09. The van der Waals surface area contributed by atoms with Crippen molar-refractivity contribution in [1.29, 1.82) is 0 Å². The molecule has 0 aliphatic heterocycles. The molecule has 0 radical (unpaired) electrons. The SMILES string of the molecule is Cc1ccc(C(=O)Nc2ccccc2-c2nc3ccccc3s2)cc1F. The summed E-state index contributed by atoms with van der Waals surface area (Å²) >= 11 is 1.57. The first-order chi connectivity index (χ1) is 12.6. The highest BCUT2D eigenvalue weighted by Gasteiger charge is 2.14. The summed E-state index contributed by atoms with van der Waals surface area (Å²) in [5.41, 5.74) is 3.21. The molecule has 5 heteroatoms. The predicted molar refractivity (Wildman–Crippen MR) is 104 cm³/mol. The predicted octanol–water partition coefficient (Wildman–Crippen LogP) is 5.66. The molecule has 0 unspecified atom stereocenters. The number of para-hydroxylation sites is 2. The van der Waals surface area contributed by atoms with Crippen molar-refractivity contribution in [2.24, 2.45) is 0 Å². The fraction of sp³-hybridized carbons (Fsp3) is 0.0476. The Kier molecular flexibility index (Phi) is 4.22. The van der Waals surface area contributed by atoms with Crippen LogP contribution >= 0.6 is 11.3 Å². The first-order valence-corrected chi connectivity index (χ1v) is 8.96. The summed E-state index contributed by atoms with van der Waals surface area (Å²) < 4.78 is 14.8. The molecular formula is C21H15FN2OS. The molecule has 0 aliphatic rings. The van der Waals surface area contributed by atoms with E-state index in [2.05, 4.69) is 10.3 Å².